The van der Waals surface area contributed by atoms with Gasteiger partial charge in [-0.3, -0.25) is 0 Å². The fourth-order valence-electron chi connectivity index (χ4n) is 1.79. The summed E-state index contributed by atoms with van der Waals surface area (Å²) in [4.78, 5) is 0. The molecule has 0 fully saturated rings. The van der Waals surface area contributed by atoms with Crippen molar-refractivity contribution in [2.75, 3.05) is 11.9 Å². The third-order valence-electron chi connectivity index (χ3n) is 2.72. The summed E-state index contributed by atoms with van der Waals surface area (Å²) in [5.74, 6) is 0.759. The third kappa shape index (κ3) is 3.95. The summed E-state index contributed by atoms with van der Waals surface area (Å²) in [5.41, 5.74) is 1.75. The first-order valence-corrected chi connectivity index (χ1v) is 7.33. The Kier molecular flexibility index (Phi) is 5.41. The second-order valence-corrected chi connectivity index (χ2v) is 5.44. The summed E-state index contributed by atoms with van der Waals surface area (Å²) in [6.45, 7) is 3.07. The largest absolute Gasteiger partial charge is 0.492 e. The van der Waals surface area contributed by atoms with Gasteiger partial charge in [0.15, 0.2) is 0 Å². The highest BCUT2D eigenvalue weighted by Crippen LogP contribution is 2.29. The molecule has 0 aliphatic rings. The van der Waals surface area contributed by atoms with Crippen LogP contribution in [0.5, 0.6) is 5.75 Å². The summed E-state index contributed by atoms with van der Waals surface area (Å²) < 4.78 is 5.55. The van der Waals surface area contributed by atoms with Crippen LogP contribution in [-0.4, -0.2) is 6.61 Å². The van der Waals surface area contributed by atoms with Crippen LogP contribution in [0.15, 0.2) is 36.4 Å². The number of nitrogens with one attached hydrogen (secondary N) is 1. The monoisotopic (exact) mass is 329 g/mol. The van der Waals surface area contributed by atoms with E-state index in [1.807, 2.05) is 25.1 Å². The Labute approximate surface area is 133 Å². The molecule has 0 aliphatic carbocycles. The predicted molar refractivity (Wildman–Crippen MR) is 86.4 cm³/mol. The van der Waals surface area contributed by atoms with Crippen LogP contribution in [0.2, 0.25) is 15.1 Å². The van der Waals surface area contributed by atoms with Crippen molar-refractivity contribution < 1.29 is 4.74 Å². The van der Waals surface area contributed by atoms with Crippen LogP contribution in [0, 0.1) is 0 Å². The molecule has 20 heavy (non-hydrogen) atoms. The zero-order valence-corrected chi connectivity index (χ0v) is 13.2. The van der Waals surface area contributed by atoms with E-state index in [-0.39, 0.29) is 0 Å². The van der Waals surface area contributed by atoms with Gasteiger partial charge in [-0.2, -0.15) is 0 Å². The zero-order valence-electron chi connectivity index (χ0n) is 10.9. The first-order valence-electron chi connectivity index (χ1n) is 6.20. The van der Waals surface area contributed by atoms with Gasteiger partial charge in [-0.25, -0.2) is 0 Å². The average Bonchev–Trinajstić information content (AvgIpc) is 2.42. The van der Waals surface area contributed by atoms with Crippen molar-refractivity contribution in [1.29, 1.82) is 0 Å². The van der Waals surface area contributed by atoms with Gasteiger partial charge < -0.3 is 10.1 Å². The van der Waals surface area contributed by atoms with Crippen molar-refractivity contribution in [3.63, 3.8) is 0 Å². The molecule has 5 heteroatoms. The van der Waals surface area contributed by atoms with Crippen LogP contribution >= 0.6 is 34.8 Å². The van der Waals surface area contributed by atoms with Crippen LogP contribution in [0.3, 0.4) is 0 Å². The van der Waals surface area contributed by atoms with E-state index in [9.17, 15) is 0 Å². The Morgan fingerprint density at radius 2 is 1.70 bits per heavy atom. The minimum Gasteiger partial charge on any atom is -0.492 e. The van der Waals surface area contributed by atoms with Crippen molar-refractivity contribution in [2.45, 2.75) is 13.5 Å². The summed E-state index contributed by atoms with van der Waals surface area (Å²) in [6, 6.07) is 10.8. The molecule has 0 aliphatic heterocycles. The molecule has 106 valence electrons. The van der Waals surface area contributed by atoms with Crippen LogP contribution in [0.1, 0.15) is 12.5 Å². The number of hydrogen-bond donors (Lipinski definition) is 1. The third-order valence-corrected chi connectivity index (χ3v) is 3.56. The van der Waals surface area contributed by atoms with E-state index in [0.29, 0.717) is 28.2 Å². The van der Waals surface area contributed by atoms with Gasteiger partial charge in [-0.15, -0.1) is 0 Å². The van der Waals surface area contributed by atoms with Gasteiger partial charge in [-0.05, 0) is 48.9 Å². The van der Waals surface area contributed by atoms with E-state index in [0.717, 1.165) is 17.0 Å². The minimum atomic E-state index is 0.541. The van der Waals surface area contributed by atoms with Gasteiger partial charge in [0, 0.05) is 21.6 Å². The van der Waals surface area contributed by atoms with Crippen molar-refractivity contribution in [3.8, 4) is 5.75 Å². The Hall–Kier alpha value is -1.09. The lowest BCUT2D eigenvalue weighted by atomic mass is 10.2. The van der Waals surface area contributed by atoms with Gasteiger partial charge in [0.05, 0.1) is 12.3 Å². The lowest BCUT2D eigenvalue weighted by molar-refractivity contribution is 0.341. The number of ether oxygens (including phenoxy) is 1. The molecule has 0 heterocycles. The predicted octanol–water partition coefficient (Wildman–Crippen LogP) is 5.66. The molecule has 1 N–H and O–H groups in total. The number of rotatable bonds is 5. The van der Waals surface area contributed by atoms with E-state index in [4.69, 9.17) is 39.5 Å². The van der Waals surface area contributed by atoms with E-state index >= 15 is 0 Å². The minimum absolute atomic E-state index is 0.541. The lowest BCUT2D eigenvalue weighted by Crippen LogP contribution is -2.03. The van der Waals surface area contributed by atoms with Crippen LogP contribution in [-0.2, 0) is 6.54 Å². The molecule has 0 aromatic heterocycles. The molecular formula is C15H14Cl3NO. The second kappa shape index (κ2) is 7.07. The summed E-state index contributed by atoms with van der Waals surface area (Å²) in [6.07, 6.45) is 0. The highest BCUT2D eigenvalue weighted by molar-refractivity contribution is 6.33. The lowest BCUT2D eigenvalue weighted by Gasteiger charge is -2.13. The molecule has 0 unspecified atom stereocenters. The maximum Gasteiger partial charge on any atom is 0.142 e. The molecule has 0 bridgehead atoms. The smallest absolute Gasteiger partial charge is 0.142 e. The summed E-state index contributed by atoms with van der Waals surface area (Å²) in [5, 5.41) is 5.24. The van der Waals surface area contributed by atoms with Crippen molar-refractivity contribution in [1.82, 2.24) is 0 Å². The van der Waals surface area contributed by atoms with Gasteiger partial charge in [0.25, 0.3) is 0 Å². The van der Waals surface area contributed by atoms with Gasteiger partial charge >= 0.3 is 0 Å². The summed E-state index contributed by atoms with van der Waals surface area (Å²) in [7, 11) is 0. The van der Waals surface area contributed by atoms with Gasteiger partial charge in [-0.1, -0.05) is 34.8 Å². The van der Waals surface area contributed by atoms with E-state index in [1.165, 1.54) is 0 Å². The van der Waals surface area contributed by atoms with E-state index in [2.05, 4.69) is 5.32 Å². The van der Waals surface area contributed by atoms with Crippen molar-refractivity contribution in [2.24, 2.45) is 0 Å². The Bertz CT molecular complexity index is 602. The normalized spacial score (nSPS) is 10.4. The van der Waals surface area contributed by atoms with Gasteiger partial charge in [0.1, 0.15) is 5.75 Å². The molecule has 2 rings (SSSR count). The van der Waals surface area contributed by atoms with Crippen molar-refractivity contribution >= 4 is 40.5 Å². The molecule has 0 saturated carbocycles. The molecule has 0 spiro atoms. The quantitative estimate of drug-likeness (QED) is 0.764. The molecule has 0 saturated heterocycles. The van der Waals surface area contributed by atoms with Crippen LogP contribution in [0.4, 0.5) is 5.69 Å². The van der Waals surface area contributed by atoms with Crippen LogP contribution < -0.4 is 10.1 Å². The highest BCUT2D eigenvalue weighted by Gasteiger charge is 2.06. The number of benzene rings is 2. The van der Waals surface area contributed by atoms with Crippen molar-refractivity contribution in [3.05, 3.63) is 57.0 Å². The molecule has 0 radical (unpaired) electrons. The fourth-order valence-corrected chi connectivity index (χ4v) is 2.34. The van der Waals surface area contributed by atoms with E-state index in [1.54, 1.807) is 18.2 Å². The maximum atomic E-state index is 6.14. The number of hydrogen-bond acceptors (Lipinski definition) is 2. The summed E-state index contributed by atoms with van der Waals surface area (Å²) >= 11 is 18.1. The zero-order chi connectivity index (χ0) is 14.5. The van der Waals surface area contributed by atoms with Gasteiger partial charge in [0.2, 0.25) is 0 Å². The SMILES string of the molecule is CCOc1ccc(Cl)cc1NCc1cc(Cl)ccc1Cl. The highest BCUT2D eigenvalue weighted by atomic mass is 35.5. The number of halogens is 3. The average molecular weight is 331 g/mol. The molecule has 0 amide bonds. The molecular weight excluding hydrogens is 317 g/mol. The Morgan fingerprint density at radius 1 is 1.00 bits per heavy atom. The fraction of sp³-hybridized carbons (Fsp3) is 0.200. The Morgan fingerprint density at radius 3 is 2.45 bits per heavy atom. The molecule has 2 aromatic rings. The maximum absolute atomic E-state index is 6.14. The first kappa shape index (κ1) is 15.3. The molecule has 2 nitrogen and oxygen atoms in total. The second-order valence-electron chi connectivity index (χ2n) is 4.16. The van der Waals surface area contributed by atoms with E-state index < -0.39 is 0 Å². The number of anilines is 1. The first-order chi connectivity index (χ1) is 9.60. The topological polar surface area (TPSA) is 21.3 Å². The Balaban J connectivity index is 2.17. The molecule has 0 atom stereocenters. The molecule has 2 aromatic carbocycles. The van der Waals surface area contributed by atoms with Crippen LogP contribution in [0.25, 0.3) is 0 Å². The standard InChI is InChI=1S/C15H14Cl3NO/c1-2-20-15-6-4-12(17)8-14(15)19-9-10-7-11(16)3-5-13(10)18/h3-8,19H,2,9H2,1H3.